The first-order chi connectivity index (χ1) is 8.88. The van der Waals surface area contributed by atoms with Crippen LogP contribution in [0.15, 0.2) is 24.3 Å². The fourth-order valence-corrected chi connectivity index (χ4v) is 1.26. The number of nitrogens with one attached hydrogen (secondary N) is 2. The van der Waals surface area contributed by atoms with Crippen LogP contribution in [0.5, 0.6) is 0 Å². The molecule has 0 saturated heterocycles. The van der Waals surface area contributed by atoms with Gasteiger partial charge in [0.25, 0.3) is 0 Å². The largest absolute Gasteiger partial charge is 0.522 e. The molecule has 0 atom stereocenters. The van der Waals surface area contributed by atoms with Crippen molar-refractivity contribution >= 4 is 5.91 Å². The lowest BCUT2D eigenvalue weighted by atomic mass is 10.1. The number of rotatable bonds is 7. The van der Waals surface area contributed by atoms with Gasteiger partial charge in [0, 0.05) is 18.7 Å². The molecule has 1 aromatic rings. The maximum atomic E-state index is 11.6. The van der Waals surface area contributed by atoms with E-state index in [0.29, 0.717) is 12.1 Å². The van der Waals surface area contributed by atoms with E-state index >= 15 is 0 Å². The Labute approximate surface area is 107 Å². The van der Waals surface area contributed by atoms with Gasteiger partial charge in [-0.25, -0.2) is 0 Å². The average molecular weight is 277 g/mol. The van der Waals surface area contributed by atoms with Crippen molar-refractivity contribution in [2.45, 2.75) is 12.9 Å². The molecular formula is C11H14F3N3O2. The Balaban J connectivity index is 2.17. The zero-order valence-corrected chi connectivity index (χ0v) is 9.96. The second-order valence-electron chi connectivity index (χ2n) is 3.64. The van der Waals surface area contributed by atoms with E-state index in [1.807, 2.05) is 0 Å². The minimum Gasteiger partial charge on any atom is -0.366 e. The predicted molar refractivity (Wildman–Crippen MR) is 61.8 cm³/mol. The van der Waals surface area contributed by atoms with Crippen molar-refractivity contribution < 1.29 is 22.7 Å². The number of primary amides is 1. The summed E-state index contributed by atoms with van der Waals surface area (Å²) in [6.45, 7) is -0.0684. The standard InChI is InChI=1S/C11H14F3N3O2/c12-11(13,14)19-6-5-16-17-7-8-1-3-9(4-2-8)10(15)18/h1-4,16-17H,5-7H2,(H2,15,18). The van der Waals surface area contributed by atoms with Gasteiger partial charge < -0.3 is 5.73 Å². The van der Waals surface area contributed by atoms with Crippen molar-refractivity contribution in [3.8, 4) is 0 Å². The number of nitrogens with two attached hydrogens (primary N) is 1. The highest BCUT2D eigenvalue weighted by atomic mass is 19.4. The summed E-state index contributed by atoms with van der Waals surface area (Å²) in [6.07, 6.45) is -4.60. The van der Waals surface area contributed by atoms with E-state index in [-0.39, 0.29) is 6.54 Å². The number of carbonyl (C=O) groups is 1. The molecule has 0 aromatic heterocycles. The first-order valence-electron chi connectivity index (χ1n) is 5.43. The SMILES string of the molecule is NC(=O)c1ccc(CNNCCOC(F)(F)F)cc1. The molecule has 0 radical (unpaired) electrons. The summed E-state index contributed by atoms with van der Waals surface area (Å²) < 4.78 is 38.4. The third kappa shape index (κ3) is 6.75. The van der Waals surface area contributed by atoms with Gasteiger partial charge in [0.15, 0.2) is 0 Å². The van der Waals surface area contributed by atoms with Crippen LogP contribution in [-0.2, 0) is 11.3 Å². The van der Waals surface area contributed by atoms with Gasteiger partial charge in [-0.15, -0.1) is 13.2 Å². The molecule has 106 valence electrons. The average Bonchev–Trinajstić information content (AvgIpc) is 2.33. The quantitative estimate of drug-likeness (QED) is 0.511. The van der Waals surface area contributed by atoms with Crippen molar-refractivity contribution in [3.05, 3.63) is 35.4 Å². The first-order valence-corrected chi connectivity index (χ1v) is 5.43. The molecule has 0 bridgehead atoms. The van der Waals surface area contributed by atoms with Gasteiger partial charge in [-0.2, -0.15) is 0 Å². The zero-order chi connectivity index (χ0) is 14.3. The number of hydrazine groups is 1. The maximum Gasteiger partial charge on any atom is 0.522 e. The summed E-state index contributed by atoms with van der Waals surface area (Å²) in [6, 6.07) is 6.54. The predicted octanol–water partition coefficient (Wildman–Crippen LogP) is 0.916. The van der Waals surface area contributed by atoms with Crippen LogP contribution in [0, 0.1) is 0 Å². The lowest BCUT2D eigenvalue weighted by molar-refractivity contribution is -0.323. The molecule has 8 heteroatoms. The van der Waals surface area contributed by atoms with Crippen molar-refractivity contribution in [2.24, 2.45) is 5.73 Å². The lowest BCUT2D eigenvalue weighted by Crippen LogP contribution is -2.35. The fraction of sp³-hybridized carbons (Fsp3) is 0.364. The number of alkyl halides is 3. The topological polar surface area (TPSA) is 76.4 Å². The Kier molecular flexibility index (Phi) is 5.74. The first kappa shape index (κ1) is 15.4. The Bertz CT molecular complexity index is 407. The van der Waals surface area contributed by atoms with E-state index in [0.717, 1.165) is 5.56 Å². The summed E-state index contributed by atoms with van der Waals surface area (Å²) in [5, 5.41) is 0. The van der Waals surface area contributed by atoms with E-state index in [1.165, 1.54) is 0 Å². The molecule has 0 aliphatic rings. The van der Waals surface area contributed by atoms with Gasteiger partial charge >= 0.3 is 6.36 Å². The summed E-state index contributed by atoms with van der Waals surface area (Å²) in [4.78, 5) is 10.8. The molecule has 1 amide bonds. The van der Waals surface area contributed by atoms with Gasteiger partial charge in [-0.05, 0) is 17.7 Å². The third-order valence-corrected chi connectivity index (χ3v) is 2.15. The molecule has 0 aliphatic heterocycles. The number of amides is 1. The Morgan fingerprint density at radius 1 is 1.21 bits per heavy atom. The Morgan fingerprint density at radius 2 is 1.84 bits per heavy atom. The number of hydrogen-bond acceptors (Lipinski definition) is 4. The summed E-state index contributed by atoms with van der Waals surface area (Å²) >= 11 is 0. The van der Waals surface area contributed by atoms with Gasteiger partial charge in [0.05, 0.1) is 6.61 Å². The van der Waals surface area contributed by atoms with Crippen molar-refractivity contribution in [2.75, 3.05) is 13.2 Å². The third-order valence-electron chi connectivity index (χ3n) is 2.15. The molecule has 4 N–H and O–H groups in total. The molecule has 0 spiro atoms. The summed E-state index contributed by atoms with van der Waals surface area (Å²) in [5.74, 6) is -0.512. The molecule has 1 aromatic carbocycles. The van der Waals surface area contributed by atoms with Crippen LogP contribution in [0.1, 0.15) is 15.9 Å². The van der Waals surface area contributed by atoms with Crippen LogP contribution in [0.3, 0.4) is 0 Å². The van der Waals surface area contributed by atoms with Crippen molar-refractivity contribution in [1.29, 1.82) is 0 Å². The number of halogens is 3. The van der Waals surface area contributed by atoms with E-state index in [1.54, 1.807) is 24.3 Å². The maximum absolute atomic E-state index is 11.6. The zero-order valence-electron chi connectivity index (χ0n) is 9.96. The van der Waals surface area contributed by atoms with Gasteiger partial charge in [0.1, 0.15) is 0 Å². The minimum atomic E-state index is -4.60. The monoisotopic (exact) mass is 277 g/mol. The van der Waals surface area contributed by atoms with Crippen LogP contribution in [0.25, 0.3) is 0 Å². The molecule has 1 rings (SSSR count). The lowest BCUT2D eigenvalue weighted by Gasteiger charge is -2.09. The van der Waals surface area contributed by atoms with E-state index in [4.69, 9.17) is 5.73 Å². The Hall–Kier alpha value is -1.64. The van der Waals surface area contributed by atoms with Crippen molar-refractivity contribution in [3.63, 3.8) is 0 Å². The van der Waals surface area contributed by atoms with Crippen LogP contribution in [-0.4, -0.2) is 25.4 Å². The van der Waals surface area contributed by atoms with E-state index < -0.39 is 18.9 Å². The number of carbonyl (C=O) groups excluding carboxylic acids is 1. The molecule has 0 saturated carbocycles. The number of ether oxygens (including phenoxy) is 1. The van der Waals surface area contributed by atoms with E-state index in [9.17, 15) is 18.0 Å². The highest BCUT2D eigenvalue weighted by molar-refractivity contribution is 5.92. The molecule has 0 heterocycles. The fourth-order valence-electron chi connectivity index (χ4n) is 1.26. The van der Waals surface area contributed by atoms with Gasteiger partial charge in [0.2, 0.25) is 5.91 Å². The molecular weight excluding hydrogens is 263 g/mol. The highest BCUT2D eigenvalue weighted by Gasteiger charge is 2.28. The Morgan fingerprint density at radius 3 is 2.37 bits per heavy atom. The summed E-state index contributed by atoms with van der Waals surface area (Å²) in [5.41, 5.74) is 11.6. The minimum absolute atomic E-state index is 0.0128. The van der Waals surface area contributed by atoms with Crippen LogP contribution >= 0.6 is 0 Å². The van der Waals surface area contributed by atoms with Gasteiger partial charge in [-0.1, -0.05) is 12.1 Å². The molecule has 0 unspecified atom stereocenters. The van der Waals surface area contributed by atoms with E-state index in [2.05, 4.69) is 15.6 Å². The van der Waals surface area contributed by atoms with Crippen LogP contribution in [0.2, 0.25) is 0 Å². The van der Waals surface area contributed by atoms with Gasteiger partial charge in [-0.3, -0.25) is 20.4 Å². The summed E-state index contributed by atoms with van der Waals surface area (Å²) in [7, 11) is 0. The smallest absolute Gasteiger partial charge is 0.366 e. The van der Waals surface area contributed by atoms with Crippen molar-refractivity contribution in [1.82, 2.24) is 10.9 Å². The number of benzene rings is 1. The molecule has 0 aliphatic carbocycles. The second kappa shape index (κ2) is 7.07. The molecule has 19 heavy (non-hydrogen) atoms. The number of hydrogen-bond donors (Lipinski definition) is 3. The van der Waals surface area contributed by atoms with Crippen LogP contribution < -0.4 is 16.6 Å². The molecule has 0 fully saturated rings. The van der Waals surface area contributed by atoms with Crippen LogP contribution in [0.4, 0.5) is 13.2 Å². The highest BCUT2D eigenvalue weighted by Crippen LogP contribution is 2.14. The normalized spacial score (nSPS) is 11.5. The molecule has 5 nitrogen and oxygen atoms in total. The second-order valence-corrected chi connectivity index (χ2v) is 3.64.